The van der Waals surface area contributed by atoms with Gasteiger partial charge in [0.2, 0.25) is 0 Å². The number of benzene rings is 1. The first kappa shape index (κ1) is 15.5. The van der Waals surface area contributed by atoms with Crippen molar-refractivity contribution in [2.45, 2.75) is 33.7 Å². The summed E-state index contributed by atoms with van der Waals surface area (Å²) >= 11 is 1.76. The number of thiophene rings is 1. The molecule has 4 N–H and O–H groups in total. The van der Waals surface area contributed by atoms with Gasteiger partial charge in [-0.1, -0.05) is 0 Å². The van der Waals surface area contributed by atoms with Gasteiger partial charge in [0.1, 0.15) is 0 Å². The van der Waals surface area contributed by atoms with Crippen molar-refractivity contribution in [1.29, 1.82) is 0 Å². The fourth-order valence-corrected chi connectivity index (χ4v) is 3.46. The molecule has 1 aromatic heterocycles. The Kier molecular flexibility index (Phi) is 4.65. The number of nitrogens with two attached hydrogens (primary N) is 1. The van der Waals surface area contributed by atoms with Gasteiger partial charge in [-0.15, -0.1) is 11.3 Å². The second-order valence-electron chi connectivity index (χ2n) is 5.24. The number of nitrogens with one attached hydrogen (secondary N) is 2. The van der Waals surface area contributed by atoms with Crippen molar-refractivity contribution in [3.8, 4) is 0 Å². The molecule has 1 heterocycles. The molecule has 21 heavy (non-hydrogen) atoms. The Labute approximate surface area is 129 Å². The summed E-state index contributed by atoms with van der Waals surface area (Å²) in [6.45, 7) is 8.08. The van der Waals surface area contributed by atoms with E-state index in [1.807, 2.05) is 19.9 Å². The lowest BCUT2D eigenvalue weighted by atomic mass is 10.1. The lowest BCUT2D eigenvalue weighted by Gasteiger charge is -2.15. The first-order chi connectivity index (χ1) is 9.92. The fraction of sp³-hybridized carbons (Fsp3) is 0.312. The van der Waals surface area contributed by atoms with E-state index < -0.39 is 0 Å². The Hall–Kier alpha value is -1.85. The van der Waals surface area contributed by atoms with Gasteiger partial charge in [0.05, 0.1) is 6.04 Å². The summed E-state index contributed by atoms with van der Waals surface area (Å²) in [6, 6.07) is 7.58. The number of hydrogen-bond donors (Lipinski definition) is 3. The number of carbonyl (C=O) groups excluding carboxylic acids is 1. The number of rotatable bonds is 4. The molecule has 1 atom stereocenters. The van der Waals surface area contributed by atoms with E-state index in [4.69, 9.17) is 5.84 Å². The van der Waals surface area contributed by atoms with Crippen molar-refractivity contribution >= 4 is 22.9 Å². The molecule has 0 spiro atoms. The van der Waals surface area contributed by atoms with Crippen LogP contribution in [0.15, 0.2) is 24.3 Å². The maximum atomic E-state index is 12.4. The Morgan fingerprint density at radius 1 is 1.24 bits per heavy atom. The van der Waals surface area contributed by atoms with Crippen molar-refractivity contribution in [2.75, 3.05) is 5.43 Å². The molecule has 4 nitrogen and oxygen atoms in total. The predicted molar refractivity (Wildman–Crippen MR) is 88.7 cm³/mol. The Balaban J connectivity index is 2.16. The number of amides is 1. The third kappa shape index (κ3) is 3.43. The summed E-state index contributed by atoms with van der Waals surface area (Å²) in [7, 11) is 0. The number of carbonyl (C=O) groups is 1. The molecule has 112 valence electrons. The first-order valence-corrected chi connectivity index (χ1v) is 7.69. The Bertz CT molecular complexity index is 664. The van der Waals surface area contributed by atoms with Crippen LogP contribution >= 0.6 is 11.3 Å². The van der Waals surface area contributed by atoms with Crippen LogP contribution in [0.4, 0.5) is 5.69 Å². The third-order valence-electron chi connectivity index (χ3n) is 3.53. The van der Waals surface area contributed by atoms with Crippen molar-refractivity contribution in [3.63, 3.8) is 0 Å². The summed E-state index contributed by atoms with van der Waals surface area (Å²) in [5, 5.41) is 3.06. The molecule has 2 aromatic rings. The first-order valence-electron chi connectivity index (χ1n) is 6.87. The third-order valence-corrected chi connectivity index (χ3v) is 4.51. The fourth-order valence-electron chi connectivity index (χ4n) is 2.44. The molecule has 1 amide bonds. The SMILES string of the molecule is Cc1cc(C(C)NC(=O)c2ccc(NN)cc2C)c(C)s1. The maximum absolute atomic E-state index is 12.4. The van der Waals surface area contributed by atoms with Crippen LogP contribution in [0.2, 0.25) is 0 Å². The van der Waals surface area contributed by atoms with Gasteiger partial charge >= 0.3 is 0 Å². The minimum atomic E-state index is -0.0631. The largest absolute Gasteiger partial charge is 0.345 e. The molecule has 0 bridgehead atoms. The van der Waals surface area contributed by atoms with Gasteiger partial charge in [0.15, 0.2) is 0 Å². The zero-order valence-electron chi connectivity index (χ0n) is 12.8. The number of hydrogen-bond acceptors (Lipinski definition) is 4. The van der Waals surface area contributed by atoms with Crippen LogP contribution in [-0.2, 0) is 0 Å². The van der Waals surface area contributed by atoms with Gasteiger partial charge in [-0.05, 0) is 63.1 Å². The van der Waals surface area contributed by atoms with Crippen molar-refractivity contribution in [1.82, 2.24) is 5.32 Å². The second kappa shape index (κ2) is 6.28. The van der Waals surface area contributed by atoms with Crippen LogP contribution in [0.25, 0.3) is 0 Å². The minimum Gasteiger partial charge on any atom is -0.345 e. The predicted octanol–water partition coefficient (Wildman–Crippen LogP) is 3.45. The summed E-state index contributed by atoms with van der Waals surface area (Å²) in [6.07, 6.45) is 0. The Morgan fingerprint density at radius 2 is 1.95 bits per heavy atom. The molecule has 0 saturated carbocycles. The van der Waals surface area contributed by atoms with Crippen molar-refractivity contribution in [2.24, 2.45) is 5.84 Å². The minimum absolute atomic E-state index is 0.00541. The lowest BCUT2D eigenvalue weighted by molar-refractivity contribution is 0.0939. The number of anilines is 1. The van der Waals surface area contributed by atoms with E-state index in [2.05, 4.69) is 30.7 Å². The normalized spacial score (nSPS) is 12.0. The summed E-state index contributed by atoms with van der Waals surface area (Å²) in [5.41, 5.74) is 6.13. The lowest BCUT2D eigenvalue weighted by Crippen LogP contribution is -2.27. The molecule has 0 radical (unpaired) electrons. The standard InChI is InChI=1S/C16H21N3OS/c1-9-7-13(19-17)5-6-14(9)16(20)18-11(3)15-8-10(2)21-12(15)4/h5-8,11,19H,17H2,1-4H3,(H,18,20). The van der Waals surface area contributed by atoms with Crippen LogP contribution in [0, 0.1) is 20.8 Å². The van der Waals surface area contributed by atoms with Crippen LogP contribution in [0.1, 0.15) is 44.2 Å². The molecular weight excluding hydrogens is 282 g/mol. The maximum Gasteiger partial charge on any atom is 0.252 e. The highest BCUT2D eigenvalue weighted by atomic mass is 32.1. The highest BCUT2D eigenvalue weighted by Gasteiger charge is 2.16. The van der Waals surface area contributed by atoms with Crippen molar-refractivity contribution in [3.05, 3.63) is 50.7 Å². The average molecular weight is 303 g/mol. The van der Waals surface area contributed by atoms with Gasteiger partial charge in [0, 0.05) is 21.0 Å². The van der Waals surface area contributed by atoms with Gasteiger partial charge in [-0.2, -0.15) is 0 Å². The van der Waals surface area contributed by atoms with Gasteiger partial charge in [-0.3, -0.25) is 10.6 Å². The quantitative estimate of drug-likeness (QED) is 0.598. The van der Waals surface area contributed by atoms with Gasteiger partial charge < -0.3 is 10.7 Å². The van der Waals surface area contributed by atoms with E-state index >= 15 is 0 Å². The zero-order valence-corrected chi connectivity index (χ0v) is 13.6. The molecule has 0 fully saturated rings. The topological polar surface area (TPSA) is 67.2 Å². The summed E-state index contributed by atoms with van der Waals surface area (Å²) in [4.78, 5) is 14.9. The molecule has 0 saturated heterocycles. The van der Waals surface area contributed by atoms with Gasteiger partial charge in [0.25, 0.3) is 5.91 Å². The van der Waals surface area contributed by atoms with Crippen LogP contribution in [-0.4, -0.2) is 5.91 Å². The molecule has 1 unspecified atom stereocenters. The van der Waals surface area contributed by atoms with E-state index in [0.29, 0.717) is 5.56 Å². The van der Waals surface area contributed by atoms with E-state index in [0.717, 1.165) is 11.3 Å². The molecule has 5 heteroatoms. The highest BCUT2D eigenvalue weighted by Crippen LogP contribution is 2.26. The number of nitrogen functional groups attached to an aromatic ring is 1. The smallest absolute Gasteiger partial charge is 0.252 e. The van der Waals surface area contributed by atoms with Gasteiger partial charge in [-0.25, -0.2) is 0 Å². The summed E-state index contributed by atoms with van der Waals surface area (Å²) < 4.78 is 0. The zero-order chi connectivity index (χ0) is 15.6. The van der Waals surface area contributed by atoms with Crippen molar-refractivity contribution < 1.29 is 4.79 Å². The van der Waals surface area contributed by atoms with Crippen LogP contribution < -0.4 is 16.6 Å². The molecule has 0 aliphatic rings. The van der Waals surface area contributed by atoms with E-state index in [1.54, 1.807) is 23.5 Å². The molecule has 0 aliphatic heterocycles. The highest BCUT2D eigenvalue weighted by molar-refractivity contribution is 7.12. The van der Waals surface area contributed by atoms with E-state index in [-0.39, 0.29) is 11.9 Å². The molecular formula is C16H21N3OS. The van der Waals surface area contributed by atoms with E-state index in [9.17, 15) is 4.79 Å². The number of aryl methyl sites for hydroxylation is 3. The van der Waals surface area contributed by atoms with Crippen LogP contribution in [0.3, 0.4) is 0 Å². The summed E-state index contributed by atoms with van der Waals surface area (Å²) in [5.74, 6) is 5.31. The molecule has 1 aromatic carbocycles. The average Bonchev–Trinajstić information content (AvgIpc) is 2.77. The molecule has 0 aliphatic carbocycles. The van der Waals surface area contributed by atoms with Crippen LogP contribution in [0.5, 0.6) is 0 Å². The monoisotopic (exact) mass is 303 g/mol. The Morgan fingerprint density at radius 3 is 2.48 bits per heavy atom. The molecule has 2 rings (SSSR count). The second-order valence-corrected chi connectivity index (χ2v) is 6.70. The van der Waals surface area contributed by atoms with E-state index in [1.165, 1.54) is 15.3 Å². The number of hydrazine groups is 1.